The van der Waals surface area contributed by atoms with E-state index in [0.717, 1.165) is 39.2 Å². The molecule has 53 heavy (non-hydrogen) atoms. The van der Waals surface area contributed by atoms with E-state index in [1.54, 1.807) is 10.8 Å². The molecule has 0 saturated heterocycles. The molecule has 2 aromatic heterocycles. The Labute approximate surface area is 339 Å². The van der Waals surface area contributed by atoms with Crippen LogP contribution in [0.3, 0.4) is 0 Å². The van der Waals surface area contributed by atoms with Crippen molar-refractivity contribution in [3.8, 4) is 62.6 Å². The third-order valence-corrected chi connectivity index (χ3v) is 7.66. The maximum Gasteiger partial charge on any atom is 4.00 e. The molecule has 264 valence electrons. The van der Waals surface area contributed by atoms with Crippen LogP contribution < -0.4 is 14.4 Å². The van der Waals surface area contributed by atoms with Gasteiger partial charge in [0.25, 0.3) is 0 Å². The van der Waals surface area contributed by atoms with Crippen molar-refractivity contribution in [2.45, 2.75) is 0 Å². The standard InChI is InChI=1S/C33H21N3O2.C12H8N.2Pt/c1-35-18-19-36(24-35)28-10-7-15-32(23-28)38-31-14-6-9-27(21-31)33-22-26(16-17-34-33)25-8-5-13-30(20-25)37-29-11-3-2-4-12-29;1-2-13-9-8-12(10-13)11-6-4-3-5-7-11;;/h2-11,13-15,17-19,22,24H,1H3;3-10H;;/q-6;-1;;+4. The molecule has 0 fully saturated rings. The Morgan fingerprint density at radius 2 is 1.36 bits per heavy atom. The van der Waals surface area contributed by atoms with Crippen LogP contribution in [0.15, 0.2) is 152 Å². The number of nitrogens with zero attached hydrogens (tertiary/aromatic N) is 4. The van der Waals surface area contributed by atoms with Crippen LogP contribution in [-0.4, -0.2) is 21.5 Å². The molecular formula is C45H29N4O2Pt2-3. The normalized spacial score (nSPS) is 11.3. The Bertz CT molecular complexity index is 2300. The molecule has 8 heteroatoms. The zero-order valence-corrected chi connectivity index (χ0v) is 32.8. The van der Waals surface area contributed by atoms with Crippen LogP contribution in [0.2, 0.25) is 0 Å². The fraction of sp³-hybridized carbons (Fsp3) is 0.0222. The predicted molar refractivity (Wildman–Crippen MR) is 198 cm³/mol. The molecule has 7 aromatic rings. The summed E-state index contributed by atoms with van der Waals surface area (Å²) in [7, 11) is 1.98. The van der Waals surface area contributed by atoms with E-state index in [0.29, 0.717) is 23.0 Å². The van der Waals surface area contributed by atoms with Gasteiger partial charge in [-0.3, -0.25) is 11.1 Å². The average Bonchev–Trinajstić information content (AvgIpc) is 3.86. The van der Waals surface area contributed by atoms with Crippen molar-refractivity contribution in [2.75, 3.05) is 11.9 Å². The summed E-state index contributed by atoms with van der Waals surface area (Å²) in [6, 6.07) is 57.3. The molecule has 0 spiro atoms. The summed E-state index contributed by atoms with van der Waals surface area (Å²) in [6.45, 7) is 1.97. The summed E-state index contributed by atoms with van der Waals surface area (Å²) in [5.41, 5.74) is 6.40. The van der Waals surface area contributed by atoms with Gasteiger partial charge in [-0.15, -0.1) is 65.8 Å². The van der Waals surface area contributed by atoms with Crippen LogP contribution in [0.5, 0.6) is 23.0 Å². The van der Waals surface area contributed by atoms with E-state index < -0.39 is 0 Å². The topological polar surface area (TPSA) is 42.8 Å². The molecule has 0 amide bonds. The van der Waals surface area contributed by atoms with Crippen LogP contribution in [0.4, 0.5) is 5.69 Å². The molecule has 1 aliphatic rings. The molecule has 0 saturated carbocycles. The molecule has 5 aromatic carbocycles. The summed E-state index contributed by atoms with van der Waals surface area (Å²) in [4.78, 5) is 8.48. The van der Waals surface area contributed by atoms with Gasteiger partial charge in [-0.2, -0.15) is 43.1 Å². The van der Waals surface area contributed by atoms with Gasteiger partial charge in [-0.05, 0) is 31.1 Å². The third-order valence-electron chi connectivity index (χ3n) is 7.66. The van der Waals surface area contributed by atoms with E-state index in [1.807, 2.05) is 170 Å². The second-order valence-electron chi connectivity index (χ2n) is 11.3. The van der Waals surface area contributed by atoms with E-state index in [1.165, 1.54) is 0 Å². The van der Waals surface area contributed by atoms with Crippen LogP contribution in [0.25, 0.3) is 33.5 Å². The van der Waals surface area contributed by atoms with E-state index >= 15 is 0 Å². The number of pyridine rings is 1. The number of hydrogen-bond donors (Lipinski definition) is 0. The van der Waals surface area contributed by atoms with Gasteiger partial charge in [0.1, 0.15) is 0 Å². The van der Waals surface area contributed by atoms with Crippen molar-refractivity contribution in [1.29, 1.82) is 0 Å². The average molecular weight is 1050 g/mol. The van der Waals surface area contributed by atoms with Crippen LogP contribution in [0, 0.1) is 49.5 Å². The van der Waals surface area contributed by atoms with Gasteiger partial charge < -0.3 is 35.2 Å². The third kappa shape index (κ3) is 10.3. The fourth-order valence-corrected chi connectivity index (χ4v) is 5.19. The van der Waals surface area contributed by atoms with E-state index in [-0.39, 0.29) is 42.1 Å². The molecule has 0 radical (unpaired) electrons. The molecule has 0 unspecified atom stereocenters. The summed E-state index contributed by atoms with van der Waals surface area (Å²) in [6.07, 6.45) is 16.2. The number of para-hydroxylation sites is 1. The number of ether oxygens (including phenoxy) is 2. The number of aromatic nitrogens is 2. The fourth-order valence-electron chi connectivity index (χ4n) is 5.19. The van der Waals surface area contributed by atoms with Gasteiger partial charge in [0.05, 0.1) is 0 Å². The van der Waals surface area contributed by atoms with E-state index in [2.05, 4.69) is 41.4 Å². The SMILES string of the molecule is CN1C=CN(c2[c-]c(Oc3[c-]c(-c4cc(-c5[c-]c(Oc6[c-]cccc6)ccc5)[c-]cn4)ccc3)ccc2)[CH-]1.[C-]#Cn1ccc(-c2ccccc2)c1.[Pt+4].[Pt]. The zero-order valence-electron chi connectivity index (χ0n) is 28.2. The second kappa shape index (κ2) is 18.8. The van der Waals surface area contributed by atoms with Crippen molar-refractivity contribution >= 4 is 5.69 Å². The van der Waals surface area contributed by atoms with E-state index in [9.17, 15) is 0 Å². The first-order valence-corrected chi connectivity index (χ1v) is 16.1. The number of hydrogen-bond acceptors (Lipinski definition) is 5. The molecular weight excluding hydrogens is 1020 g/mol. The molecule has 3 heterocycles. The Hall–Kier alpha value is -5.59. The minimum Gasteiger partial charge on any atom is -0.669 e. The summed E-state index contributed by atoms with van der Waals surface area (Å²) < 4.78 is 13.6. The minimum absolute atomic E-state index is 0. The summed E-state index contributed by atoms with van der Waals surface area (Å²) >= 11 is 0. The van der Waals surface area contributed by atoms with Crippen LogP contribution in [0.1, 0.15) is 0 Å². The molecule has 0 N–H and O–H groups in total. The van der Waals surface area contributed by atoms with Gasteiger partial charge in [0.15, 0.2) is 0 Å². The number of benzene rings is 5. The minimum atomic E-state index is 0. The van der Waals surface area contributed by atoms with Crippen molar-refractivity contribution in [1.82, 2.24) is 14.5 Å². The van der Waals surface area contributed by atoms with Gasteiger partial charge in [-0.1, -0.05) is 48.3 Å². The Kier molecular flexibility index (Phi) is 13.7. The van der Waals surface area contributed by atoms with Crippen molar-refractivity contribution in [2.24, 2.45) is 0 Å². The van der Waals surface area contributed by atoms with Crippen molar-refractivity contribution in [3.05, 3.63) is 196 Å². The number of anilines is 1. The maximum absolute atomic E-state index is 6.93. The smallest absolute Gasteiger partial charge is 0.669 e. The predicted octanol–water partition coefficient (Wildman–Crippen LogP) is 9.89. The van der Waals surface area contributed by atoms with Crippen molar-refractivity contribution in [3.63, 3.8) is 0 Å². The van der Waals surface area contributed by atoms with Crippen LogP contribution >= 0.6 is 0 Å². The largest absolute Gasteiger partial charge is 4.00 e. The number of rotatable bonds is 8. The Balaban J connectivity index is 0.000000306. The summed E-state index contributed by atoms with van der Waals surface area (Å²) in [5, 5.41) is 0. The molecule has 0 aliphatic carbocycles. The quantitative estimate of drug-likeness (QED) is 0.112. The monoisotopic (exact) mass is 1050 g/mol. The first kappa shape index (κ1) is 38.6. The van der Waals surface area contributed by atoms with Gasteiger partial charge in [0.2, 0.25) is 0 Å². The Morgan fingerprint density at radius 3 is 2.06 bits per heavy atom. The Morgan fingerprint density at radius 1 is 0.679 bits per heavy atom. The molecule has 1 aliphatic heterocycles. The molecule has 0 bridgehead atoms. The van der Waals surface area contributed by atoms with Gasteiger partial charge in [0, 0.05) is 62.0 Å². The molecule has 6 nitrogen and oxygen atoms in total. The maximum atomic E-state index is 6.93. The summed E-state index contributed by atoms with van der Waals surface area (Å²) in [5.74, 6) is 2.42. The zero-order chi connectivity index (χ0) is 34.8. The van der Waals surface area contributed by atoms with Crippen LogP contribution in [-0.2, 0) is 42.1 Å². The first-order chi connectivity index (χ1) is 25.1. The molecule has 8 rings (SSSR count). The first-order valence-electron chi connectivity index (χ1n) is 16.1. The van der Waals surface area contributed by atoms with E-state index in [4.69, 9.17) is 15.9 Å². The second-order valence-corrected chi connectivity index (χ2v) is 11.3. The van der Waals surface area contributed by atoms with Crippen molar-refractivity contribution < 1.29 is 51.6 Å². The van der Waals surface area contributed by atoms with Gasteiger partial charge >= 0.3 is 21.1 Å². The molecule has 0 atom stereocenters. The van der Waals surface area contributed by atoms with Gasteiger partial charge in [-0.25, -0.2) is 24.2 Å².